The van der Waals surface area contributed by atoms with Crippen LogP contribution in [0.1, 0.15) is 43.6 Å². The van der Waals surface area contributed by atoms with Gasteiger partial charge in [0.15, 0.2) is 0 Å². The number of ether oxygens (including phenoxy) is 1. The first kappa shape index (κ1) is 20.9. The number of hydrogen-bond donors (Lipinski definition) is 2. The normalized spacial score (nSPS) is 15.8. The largest absolute Gasteiger partial charge is 0.378 e. The first-order chi connectivity index (χ1) is 12.7. The van der Waals surface area contributed by atoms with Gasteiger partial charge in [-0.15, -0.1) is 0 Å². The van der Waals surface area contributed by atoms with Crippen molar-refractivity contribution in [2.24, 2.45) is 0 Å². The van der Waals surface area contributed by atoms with E-state index in [9.17, 15) is 14.4 Å². The third kappa shape index (κ3) is 6.06. The molecule has 0 saturated carbocycles. The van der Waals surface area contributed by atoms with E-state index in [-0.39, 0.29) is 23.8 Å². The minimum Gasteiger partial charge on any atom is -0.378 e. The van der Waals surface area contributed by atoms with Crippen molar-refractivity contribution in [2.45, 2.75) is 39.2 Å². The molecule has 1 unspecified atom stereocenters. The number of carbonyl (C=O) groups excluding carboxylic acids is 3. The second kappa shape index (κ2) is 8.99. The van der Waals surface area contributed by atoms with Gasteiger partial charge in [-0.1, -0.05) is 32.9 Å². The highest BCUT2D eigenvalue weighted by atomic mass is 16.5. The molecule has 3 amide bonds. The number of morpholine rings is 1. The maximum atomic E-state index is 12.3. The average molecular weight is 375 g/mol. The molecule has 148 valence electrons. The number of rotatable bonds is 5. The Morgan fingerprint density at radius 2 is 1.70 bits per heavy atom. The summed E-state index contributed by atoms with van der Waals surface area (Å²) in [5.41, 5.74) is 1.64. The molecule has 7 heteroatoms. The standard InChI is InChI=1S/C20H29N3O4/c1-14(19(26)23-9-11-27-12-10-23)22-17(24)13-21-18(25)15-5-7-16(8-6-15)20(2,3)4/h5-8,14H,9-13H2,1-4H3,(H,21,25)(H,22,24). The van der Waals surface area contributed by atoms with Crippen molar-refractivity contribution < 1.29 is 19.1 Å². The van der Waals surface area contributed by atoms with Crippen molar-refractivity contribution in [1.29, 1.82) is 0 Å². The van der Waals surface area contributed by atoms with Crippen molar-refractivity contribution in [2.75, 3.05) is 32.8 Å². The zero-order valence-corrected chi connectivity index (χ0v) is 16.5. The highest BCUT2D eigenvalue weighted by Gasteiger charge is 2.23. The third-order valence-electron chi connectivity index (χ3n) is 4.49. The lowest BCUT2D eigenvalue weighted by atomic mass is 9.87. The molecule has 2 N–H and O–H groups in total. The molecule has 2 rings (SSSR count). The zero-order chi connectivity index (χ0) is 20.0. The van der Waals surface area contributed by atoms with Crippen LogP contribution in [0.2, 0.25) is 0 Å². The molecule has 0 bridgehead atoms. The number of nitrogens with zero attached hydrogens (tertiary/aromatic N) is 1. The lowest BCUT2D eigenvalue weighted by Gasteiger charge is -2.29. The van der Waals surface area contributed by atoms with Crippen LogP contribution in [0, 0.1) is 0 Å². The van der Waals surface area contributed by atoms with Crippen molar-refractivity contribution in [1.82, 2.24) is 15.5 Å². The quantitative estimate of drug-likeness (QED) is 0.806. The number of amides is 3. The molecular weight excluding hydrogens is 346 g/mol. The molecule has 1 aliphatic rings. The van der Waals surface area contributed by atoms with E-state index in [1.165, 1.54) is 0 Å². The lowest BCUT2D eigenvalue weighted by molar-refractivity contribution is -0.139. The monoisotopic (exact) mass is 375 g/mol. The van der Waals surface area contributed by atoms with Gasteiger partial charge in [0.1, 0.15) is 6.04 Å². The number of benzene rings is 1. The highest BCUT2D eigenvalue weighted by molar-refractivity contribution is 5.97. The van der Waals surface area contributed by atoms with E-state index in [1.807, 2.05) is 12.1 Å². The number of carbonyl (C=O) groups is 3. The van der Waals surface area contributed by atoms with E-state index < -0.39 is 11.9 Å². The third-order valence-corrected chi connectivity index (χ3v) is 4.49. The van der Waals surface area contributed by atoms with Gasteiger partial charge in [-0.3, -0.25) is 14.4 Å². The maximum Gasteiger partial charge on any atom is 0.251 e. The molecule has 1 atom stereocenters. The van der Waals surface area contributed by atoms with Crippen LogP contribution < -0.4 is 10.6 Å². The average Bonchev–Trinajstić information content (AvgIpc) is 2.65. The summed E-state index contributed by atoms with van der Waals surface area (Å²) in [6, 6.07) is 6.69. The van der Waals surface area contributed by atoms with Gasteiger partial charge < -0.3 is 20.3 Å². The molecule has 0 spiro atoms. The van der Waals surface area contributed by atoms with Gasteiger partial charge in [0.05, 0.1) is 19.8 Å². The van der Waals surface area contributed by atoms with Gasteiger partial charge in [-0.25, -0.2) is 0 Å². The fourth-order valence-electron chi connectivity index (χ4n) is 2.80. The molecule has 1 fully saturated rings. The van der Waals surface area contributed by atoms with Gasteiger partial charge in [-0.2, -0.15) is 0 Å². The second-order valence-electron chi connectivity index (χ2n) is 7.74. The van der Waals surface area contributed by atoms with Gasteiger partial charge in [0, 0.05) is 18.7 Å². The minimum atomic E-state index is -0.640. The lowest BCUT2D eigenvalue weighted by Crippen LogP contribution is -2.52. The summed E-state index contributed by atoms with van der Waals surface area (Å²) in [4.78, 5) is 38.2. The highest BCUT2D eigenvalue weighted by Crippen LogP contribution is 2.22. The molecule has 27 heavy (non-hydrogen) atoms. The van der Waals surface area contributed by atoms with Crippen LogP contribution >= 0.6 is 0 Å². The van der Waals surface area contributed by atoms with E-state index in [2.05, 4.69) is 31.4 Å². The fraction of sp³-hybridized carbons (Fsp3) is 0.550. The van der Waals surface area contributed by atoms with Crippen molar-refractivity contribution >= 4 is 17.7 Å². The first-order valence-electron chi connectivity index (χ1n) is 9.23. The molecule has 0 radical (unpaired) electrons. The molecule has 0 aromatic heterocycles. The van der Waals surface area contributed by atoms with Crippen LogP contribution in [-0.4, -0.2) is 61.5 Å². The van der Waals surface area contributed by atoms with Gasteiger partial charge >= 0.3 is 0 Å². The Morgan fingerprint density at radius 3 is 2.26 bits per heavy atom. The van der Waals surface area contributed by atoms with Crippen LogP contribution in [0.25, 0.3) is 0 Å². The summed E-state index contributed by atoms with van der Waals surface area (Å²) in [7, 11) is 0. The Morgan fingerprint density at radius 1 is 1.11 bits per heavy atom. The Labute approximate surface area is 160 Å². The van der Waals surface area contributed by atoms with E-state index in [0.717, 1.165) is 5.56 Å². The molecule has 0 aliphatic carbocycles. The molecule has 1 heterocycles. The first-order valence-corrected chi connectivity index (χ1v) is 9.23. The molecule has 1 saturated heterocycles. The van der Waals surface area contributed by atoms with Crippen molar-refractivity contribution in [3.05, 3.63) is 35.4 Å². The predicted octanol–water partition coefficient (Wildman–Crippen LogP) is 1.08. The Balaban J connectivity index is 1.80. The maximum absolute atomic E-state index is 12.3. The smallest absolute Gasteiger partial charge is 0.251 e. The van der Waals surface area contributed by atoms with Gasteiger partial charge in [0.2, 0.25) is 11.8 Å². The Kier molecular flexibility index (Phi) is 6.96. The fourth-order valence-corrected chi connectivity index (χ4v) is 2.80. The summed E-state index contributed by atoms with van der Waals surface area (Å²) in [5, 5.41) is 5.21. The number of hydrogen-bond acceptors (Lipinski definition) is 4. The van der Waals surface area contributed by atoms with Crippen molar-refractivity contribution in [3.63, 3.8) is 0 Å². The molecular formula is C20H29N3O4. The summed E-state index contributed by atoms with van der Waals surface area (Å²) >= 11 is 0. The van der Waals surface area contributed by atoms with Gasteiger partial charge in [-0.05, 0) is 30.0 Å². The molecule has 1 aromatic rings. The topological polar surface area (TPSA) is 87.7 Å². The van der Waals surface area contributed by atoms with E-state index in [1.54, 1.807) is 24.0 Å². The molecule has 1 aliphatic heterocycles. The zero-order valence-electron chi connectivity index (χ0n) is 16.5. The summed E-state index contributed by atoms with van der Waals surface area (Å²) < 4.78 is 5.21. The van der Waals surface area contributed by atoms with Crippen LogP contribution in [-0.2, 0) is 19.7 Å². The summed E-state index contributed by atoms with van der Waals surface area (Å²) in [5.74, 6) is -0.864. The summed E-state index contributed by atoms with van der Waals surface area (Å²) in [6.07, 6.45) is 0. The van der Waals surface area contributed by atoms with Gasteiger partial charge in [0.25, 0.3) is 5.91 Å². The van der Waals surface area contributed by atoms with Crippen LogP contribution in [0.3, 0.4) is 0 Å². The Hall–Kier alpha value is -2.41. The van der Waals surface area contributed by atoms with E-state index in [4.69, 9.17) is 4.74 Å². The SMILES string of the molecule is CC(NC(=O)CNC(=O)c1ccc(C(C)(C)C)cc1)C(=O)N1CCOCC1. The summed E-state index contributed by atoms with van der Waals surface area (Å²) in [6.45, 7) is 9.85. The van der Waals surface area contributed by atoms with Crippen LogP contribution in [0.15, 0.2) is 24.3 Å². The van der Waals surface area contributed by atoms with Crippen molar-refractivity contribution in [3.8, 4) is 0 Å². The second-order valence-corrected chi connectivity index (χ2v) is 7.74. The van der Waals surface area contributed by atoms with Crippen LogP contribution in [0.5, 0.6) is 0 Å². The van der Waals surface area contributed by atoms with E-state index >= 15 is 0 Å². The molecule has 1 aromatic carbocycles. The minimum absolute atomic E-state index is 0.0120. The predicted molar refractivity (Wildman–Crippen MR) is 102 cm³/mol. The number of nitrogens with one attached hydrogen (secondary N) is 2. The molecule has 7 nitrogen and oxygen atoms in total. The van der Waals surface area contributed by atoms with E-state index in [0.29, 0.717) is 31.9 Å². The van der Waals surface area contributed by atoms with Crippen LogP contribution in [0.4, 0.5) is 0 Å². The Bertz CT molecular complexity index is 673.